The van der Waals surface area contributed by atoms with E-state index in [4.69, 9.17) is 9.47 Å². The standard InChI is InChI=1S/C38H40O8/c1-2-22-13-25(24-5-3-4-21(12-24)20-39)7-8-26-17-35(42)45-33-19-32(41)28(15-30(26)33)16-34(46-37(22)43)38(44)11-10-23-6-9-27-14-29(40)18-31(23)36(27)38/h2-5,12,15,19,23,25-27,31,34,36,39,41,44H,6,9-11,13-14,16-18,20H2,1H3. The molecule has 8 unspecified atom stereocenters. The molecule has 5 aliphatic rings. The van der Waals surface area contributed by atoms with E-state index in [1.165, 1.54) is 6.07 Å². The van der Waals surface area contributed by atoms with Gasteiger partial charge in [-0.15, -0.1) is 0 Å². The molecule has 2 aliphatic heterocycles. The average Bonchev–Trinajstić information content (AvgIpc) is 3.04. The predicted molar refractivity (Wildman–Crippen MR) is 168 cm³/mol. The van der Waals surface area contributed by atoms with Gasteiger partial charge in [0, 0.05) is 42.4 Å². The van der Waals surface area contributed by atoms with Crippen molar-refractivity contribution in [1.82, 2.24) is 0 Å². The molecule has 0 amide bonds. The number of aliphatic hydroxyl groups excluding tert-OH is 1. The molecule has 2 aromatic rings. The van der Waals surface area contributed by atoms with E-state index in [0.29, 0.717) is 47.4 Å². The number of carbonyl (C=O) groups is 3. The van der Waals surface area contributed by atoms with Crippen LogP contribution < -0.4 is 4.74 Å². The lowest BCUT2D eigenvalue weighted by atomic mass is 9.49. The molecule has 3 N–H and O–H groups in total. The number of benzene rings is 2. The minimum Gasteiger partial charge on any atom is -0.508 e. The van der Waals surface area contributed by atoms with Gasteiger partial charge in [0.15, 0.2) is 0 Å². The van der Waals surface area contributed by atoms with Gasteiger partial charge < -0.3 is 24.8 Å². The minimum atomic E-state index is -1.39. The zero-order valence-electron chi connectivity index (χ0n) is 26.0. The summed E-state index contributed by atoms with van der Waals surface area (Å²) in [7, 11) is 0. The van der Waals surface area contributed by atoms with Crippen molar-refractivity contribution < 1.29 is 39.2 Å². The summed E-state index contributed by atoms with van der Waals surface area (Å²) in [5.41, 5.74) is 1.68. The summed E-state index contributed by atoms with van der Waals surface area (Å²) in [6, 6.07) is 10.6. The molecule has 3 aliphatic carbocycles. The van der Waals surface area contributed by atoms with Crippen molar-refractivity contribution in [3.63, 3.8) is 0 Å². The third-order valence-corrected chi connectivity index (χ3v) is 11.3. The molecule has 0 spiro atoms. The van der Waals surface area contributed by atoms with Crippen molar-refractivity contribution in [1.29, 1.82) is 0 Å². The molecule has 2 aromatic carbocycles. The highest BCUT2D eigenvalue weighted by Gasteiger charge is 2.60. The summed E-state index contributed by atoms with van der Waals surface area (Å²) in [5.74, 6) is 5.26. The smallest absolute Gasteiger partial charge is 0.334 e. The van der Waals surface area contributed by atoms with Crippen molar-refractivity contribution in [2.45, 2.75) is 94.9 Å². The number of aliphatic hydroxyl groups is 2. The SMILES string of the molecule is CC=C1CC(c2cccc(CO)c2)C#CC2CC(=O)Oc3cc(O)c(cc32)CC(C2(O)CCC3CCC4CC(=O)CC3C42)OC1=O. The first-order valence-electron chi connectivity index (χ1n) is 16.5. The van der Waals surface area contributed by atoms with Gasteiger partial charge in [0.2, 0.25) is 0 Å². The van der Waals surface area contributed by atoms with Crippen LogP contribution in [0, 0.1) is 35.5 Å². The van der Waals surface area contributed by atoms with Gasteiger partial charge in [0.25, 0.3) is 0 Å². The maximum Gasteiger partial charge on any atom is 0.334 e. The van der Waals surface area contributed by atoms with Crippen LogP contribution in [0.15, 0.2) is 48.0 Å². The van der Waals surface area contributed by atoms with Crippen LogP contribution in [0.5, 0.6) is 11.5 Å². The van der Waals surface area contributed by atoms with Gasteiger partial charge in [-0.05, 0) is 85.5 Å². The van der Waals surface area contributed by atoms with Crippen molar-refractivity contribution in [2.24, 2.45) is 23.7 Å². The molecule has 0 aromatic heterocycles. The number of esters is 2. The van der Waals surface area contributed by atoms with Gasteiger partial charge in [0.05, 0.1) is 18.9 Å². The van der Waals surface area contributed by atoms with Gasteiger partial charge >= 0.3 is 11.9 Å². The number of ether oxygens (including phenoxy) is 2. The Labute approximate surface area is 268 Å². The molecule has 3 saturated carbocycles. The fourth-order valence-electron chi connectivity index (χ4n) is 9.07. The number of carbonyl (C=O) groups excluding carboxylic acids is 3. The van der Waals surface area contributed by atoms with E-state index in [9.17, 15) is 29.7 Å². The van der Waals surface area contributed by atoms with Crippen LogP contribution in [0.4, 0.5) is 0 Å². The summed E-state index contributed by atoms with van der Waals surface area (Å²) in [6.07, 6.45) is 5.02. The molecular weight excluding hydrogens is 584 g/mol. The van der Waals surface area contributed by atoms with E-state index < -0.39 is 35.5 Å². The van der Waals surface area contributed by atoms with Crippen LogP contribution in [0.1, 0.15) is 92.4 Å². The molecule has 8 atom stereocenters. The molecule has 2 heterocycles. The molecule has 0 saturated heterocycles. The first-order valence-corrected chi connectivity index (χ1v) is 16.5. The van der Waals surface area contributed by atoms with Crippen molar-refractivity contribution in [3.8, 4) is 23.3 Å². The van der Waals surface area contributed by atoms with Crippen LogP contribution in [0.3, 0.4) is 0 Å². The third-order valence-electron chi connectivity index (χ3n) is 11.3. The zero-order chi connectivity index (χ0) is 32.2. The molecule has 7 rings (SSSR count). The second kappa shape index (κ2) is 12.0. The lowest BCUT2D eigenvalue weighted by Gasteiger charge is -2.58. The average molecular weight is 625 g/mol. The van der Waals surface area contributed by atoms with E-state index >= 15 is 0 Å². The zero-order valence-corrected chi connectivity index (χ0v) is 26.0. The van der Waals surface area contributed by atoms with Crippen LogP contribution in [-0.4, -0.2) is 44.7 Å². The minimum absolute atomic E-state index is 0.0229. The predicted octanol–water partition coefficient (Wildman–Crippen LogP) is 5.02. The molecule has 0 radical (unpaired) electrons. The highest BCUT2D eigenvalue weighted by Crippen LogP contribution is 2.58. The van der Waals surface area contributed by atoms with Gasteiger partial charge in [-0.25, -0.2) is 4.79 Å². The van der Waals surface area contributed by atoms with Crippen LogP contribution >= 0.6 is 0 Å². The lowest BCUT2D eigenvalue weighted by Crippen LogP contribution is -2.63. The van der Waals surface area contributed by atoms with Crippen LogP contribution in [-0.2, 0) is 32.1 Å². The third kappa shape index (κ3) is 5.44. The monoisotopic (exact) mass is 624 g/mol. The van der Waals surface area contributed by atoms with Crippen molar-refractivity contribution in [3.05, 3.63) is 70.3 Å². The first kappa shape index (κ1) is 30.7. The molecule has 46 heavy (non-hydrogen) atoms. The number of rotatable bonds is 3. The van der Waals surface area contributed by atoms with E-state index in [0.717, 1.165) is 24.8 Å². The Kier molecular flexibility index (Phi) is 8.02. The fourth-order valence-corrected chi connectivity index (χ4v) is 9.07. The van der Waals surface area contributed by atoms with E-state index in [-0.39, 0.29) is 60.9 Å². The highest BCUT2D eigenvalue weighted by atomic mass is 16.6. The highest BCUT2D eigenvalue weighted by molar-refractivity contribution is 5.89. The Morgan fingerprint density at radius 1 is 0.957 bits per heavy atom. The van der Waals surface area contributed by atoms with E-state index in [2.05, 4.69) is 11.8 Å². The Morgan fingerprint density at radius 3 is 2.57 bits per heavy atom. The second-order valence-corrected chi connectivity index (χ2v) is 13.9. The van der Waals surface area contributed by atoms with Gasteiger partial charge in [-0.2, -0.15) is 0 Å². The number of allylic oxidation sites excluding steroid dienone is 1. The molecule has 3 fully saturated rings. The summed E-state index contributed by atoms with van der Waals surface area (Å²) in [4.78, 5) is 39.4. The number of phenolic OH excluding ortho intramolecular Hbond substituents is 1. The number of Topliss-reactive ketones (excluding diaryl/α,β-unsaturated/α-hetero) is 1. The number of hydrogen-bond acceptors (Lipinski definition) is 8. The van der Waals surface area contributed by atoms with Gasteiger partial charge in [-0.1, -0.05) is 42.2 Å². The van der Waals surface area contributed by atoms with Crippen molar-refractivity contribution in [2.75, 3.05) is 0 Å². The summed E-state index contributed by atoms with van der Waals surface area (Å²) < 4.78 is 11.9. The summed E-state index contributed by atoms with van der Waals surface area (Å²) in [5, 5.41) is 33.7. The number of fused-ring (bicyclic) bond motifs is 1. The lowest BCUT2D eigenvalue weighted by molar-refractivity contribution is -0.212. The number of phenols is 1. The van der Waals surface area contributed by atoms with E-state index in [1.54, 1.807) is 19.1 Å². The van der Waals surface area contributed by atoms with Gasteiger partial charge in [0.1, 0.15) is 29.0 Å². The quantitative estimate of drug-likeness (QED) is 0.188. The number of aromatic hydroxyl groups is 1. The molecular formula is C38H40O8. The van der Waals surface area contributed by atoms with Gasteiger partial charge in [-0.3, -0.25) is 9.59 Å². The molecule has 240 valence electrons. The molecule has 6 bridgehead atoms. The number of ketones is 1. The second-order valence-electron chi connectivity index (χ2n) is 13.9. The largest absolute Gasteiger partial charge is 0.508 e. The Hall–Kier alpha value is -3.93. The Morgan fingerprint density at radius 2 is 1.76 bits per heavy atom. The first-order chi connectivity index (χ1) is 22.2. The number of hydrogen-bond donors (Lipinski definition) is 3. The molecule has 8 heteroatoms. The summed E-state index contributed by atoms with van der Waals surface area (Å²) in [6.45, 7) is 1.63. The Bertz CT molecular complexity index is 1680. The maximum atomic E-state index is 14.1. The summed E-state index contributed by atoms with van der Waals surface area (Å²) >= 11 is 0. The van der Waals surface area contributed by atoms with Crippen LogP contribution in [0.25, 0.3) is 0 Å². The topological polar surface area (TPSA) is 130 Å². The van der Waals surface area contributed by atoms with Crippen LogP contribution in [0.2, 0.25) is 0 Å². The Balaban J connectivity index is 1.35. The molecule has 8 nitrogen and oxygen atoms in total. The normalized spacial score (nSPS) is 34.6. The van der Waals surface area contributed by atoms with E-state index in [1.807, 2.05) is 24.3 Å². The number of cyclic esters (lactones) is 1. The van der Waals surface area contributed by atoms with Crippen molar-refractivity contribution >= 4 is 17.7 Å². The fraction of sp³-hybridized carbons (Fsp3) is 0.500. The maximum absolute atomic E-state index is 14.1.